The molecule has 1 saturated heterocycles. The molecular formula is C14H18N2O4S. The van der Waals surface area contributed by atoms with Gasteiger partial charge >= 0.3 is 0 Å². The summed E-state index contributed by atoms with van der Waals surface area (Å²) in [7, 11) is -3.55. The van der Waals surface area contributed by atoms with Gasteiger partial charge in [-0.15, -0.1) is 0 Å². The summed E-state index contributed by atoms with van der Waals surface area (Å²) in [5, 5.41) is 2.62. The molecular weight excluding hydrogens is 292 g/mol. The number of anilines is 1. The number of carbonyl (C=O) groups is 1. The van der Waals surface area contributed by atoms with Gasteiger partial charge in [-0.05, 0) is 31.2 Å². The summed E-state index contributed by atoms with van der Waals surface area (Å²) in [6.45, 7) is 3.22. The first-order chi connectivity index (χ1) is 10.0. The first-order valence-corrected chi connectivity index (χ1v) is 8.09. The van der Waals surface area contributed by atoms with E-state index in [1.807, 2.05) is 0 Å². The zero-order valence-corrected chi connectivity index (χ0v) is 12.6. The molecule has 2 rings (SSSR count). The van der Waals surface area contributed by atoms with E-state index < -0.39 is 10.0 Å². The van der Waals surface area contributed by atoms with Crippen LogP contribution in [-0.4, -0.2) is 44.9 Å². The van der Waals surface area contributed by atoms with Crippen molar-refractivity contribution in [1.82, 2.24) is 4.31 Å². The van der Waals surface area contributed by atoms with E-state index in [0.717, 1.165) is 0 Å². The van der Waals surface area contributed by atoms with E-state index in [0.29, 0.717) is 32.0 Å². The molecule has 0 spiro atoms. The number of hydrogen-bond donors (Lipinski definition) is 1. The second kappa shape index (κ2) is 6.84. The van der Waals surface area contributed by atoms with Gasteiger partial charge in [0, 0.05) is 18.8 Å². The number of ether oxygens (including phenoxy) is 1. The average Bonchev–Trinajstić information content (AvgIpc) is 2.48. The number of sulfonamides is 1. The Morgan fingerprint density at radius 1 is 1.33 bits per heavy atom. The highest BCUT2D eigenvalue weighted by Gasteiger charge is 2.26. The summed E-state index contributed by atoms with van der Waals surface area (Å²) in [5.74, 6) is -0.293. The summed E-state index contributed by atoms with van der Waals surface area (Å²) in [6.07, 6.45) is 2.99. The van der Waals surface area contributed by atoms with Crippen molar-refractivity contribution in [2.24, 2.45) is 0 Å². The fraction of sp³-hybridized carbons (Fsp3) is 0.357. The second-order valence-electron chi connectivity index (χ2n) is 4.53. The van der Waals surface area contributed by atoms with Gasteiger partial charge in [0.2, 0.25) is 15.9 Å². The number of benzene rings is 1. The molecule has 6 nitrogen and oxygen atoms in total. The number of nitrogens with one attached hydrogen (secondary N) is 1. The monoisotopic (exact) mass is 310 g/mol. The van der Waals surface area contributed by atoms with Crippen molar-refractivity contribution in [2.75, 3.05) is 31.6 Å². The van der Waals surface area contributed by atoms with Crippen LogP contribution in [0.3, 0.4) is 0 Å². The smallest absolute Gasteiger partial charge is 0.248 e. The van der Waals surface area contributed by atoms with Crippen LogP contribution in [0.15, 0.2) is 41.3 Å². The second-order valence-corrected chi connectivity index (χ2v) is 6.47. The minimum absolute atomic E-state index is 0.169. The van der Waals surface area contributed by atoms with Crippen molar-refractivity contribution in [2.45, 2.75) is 11.8 Å². The lowest BCUT2D eigenvalue weighted by atomic mass is 10.3. The fourth-order valence-electron chi connectivity index (χ4n) is 2.01. The molecule has 1 N–H and O–H groups in total. The van der Waals surface area contributed by atoms with Crippen LogP contribution in [0.2, 0.25) is 0 Å². The molecule has 21 heavy (non-hydrogen) atoms. The van der Waals surface area contributed by atoms with E-state index in [-0.39, 0.29) is 10.8 Å². The van der Waals surface area contributed by atoms with Crippen LogP contribution in [0.25, 0.3) is 0 Å². The van der Waals surface area contributed by atoms with Gasteiger partial charge in [-0.3, -0.25) is 4.79 Å². The summed E-state index contributed by atoms with van der Waals surface area (Å²) < 4.78 is 31.5. The highest BCUT2D eigenvalue weighted by molar-refractivity contribution is 7.89. The largest absolute Gasteiger partial charge is 0.379 e. The van der Waals surface area contributed by atoms with Gasteiger partial charge in [0.25, 0.3) is 0 Å². The predicted octanol–water partition coefficient (Wildman–Crippen LogP) is 1.22. The van der Waals surface area contributed by atoms with Crippen molar-refractivity contribution in [3.63, 3.8) is 0 Å². The lowest BCUT2D eigenvalue weighted by Crippen LogP contribution is -2.40. The van der Waals surface area contributed by atoms with E-state index in [4.69, 9.17) is 4.74 Å². The maximum Gasteiger partial charge on any atom is 0.248 e. The summed E-state index contributed by atoms with van der Waals surface area (Å²) in [6, 6.07) is 6.25. The number of morpholine rings is 1. The Labute approximate surface area is 124 Å². The number of allylic oxidation sites excluding steroid dienone is 1. The molecule has 114 valence electrons. The molecule has 7 heteroatoms. The molecule has 1 aliphatic rings. The van der Waals surface area contributed by atoms with E-state index in [2.05, 4.69) is 5.32 Å². The Hall–Kier alpha value is -1.70. The zero-order valence-electron chi connectivity index (χ0n) is 11.8. The van der Waals surface area contributed by atoms with Gasteiger partial charge in [-0.2, -0.15) is 4.31 Å². The van der Waals surface area contributed by atoms with Crippen LogP contribution in [0.4, 0.5) is 5.69 Å². The van der Waals surface area contributed by atoms with Crippen molar-refractivity contribution in [1.29, 1.82) is 0 Å². The SMILES string of the molecule is C/C=C/C(=O)Nc1cccc(S(=O)(=O)N2CCOCC2)c1. The van der Waals surface area contributed by atoms with Crippen LogP contribution in [0.5, 0.6) is 0 Å². The van der Waals surface area contributed by atoms with Crippen LogP contribution < -0.4 is 5.32 Å². The molecule has 0 atom stereocenters. The van der Waals surface area contributed by atoms with Gasteiger partial charge in [0.05, 0.1) is 18.1 Å². The van der Waals surface area contributed by atoms with Crippen molar-refractivity contribution < 1.29 is 17.9 Å². The lowest BCUT2D eigenvalue weighted by Gasteiger charge is -2.26. The third-order valence-corrected chi connectivity index (χ3v) is 4.92. The number of nitrogens with zero attached hydrogens (tertiary/aromatic N) is 1. The molecule has 0 unspecified atom stereocenters. The minimum Gasteiger partial charge on any atom is -0.379 e. The molecule has 1 aromatic carbocycles. The first-order valence-electron chi connectivity index (χ1n) is 6.65. The average molecular weight is 310 g/mol. The van der Waals surface area contributed by atoms with Crippen LogP contribution >= 0.6 is 0 Å². The third-order valence-electron chi connectivity index (χ3n) is 3.03. The van der Waals surface area contributed by atoms with Crippen molar-refractivity contribution in [3.05, 3.63) is 36.4 Å². The van der Waals surface area contributed by atoms with Crippen LogP contribution in [0.1, 0.15) is 6.92 Å². The normalized spacial score (nSPS) is 17.0. The third kappa shape index (κ3) is 3.90. The predicted molar refractivity (Wildman–Crippen MR) is 79.5 cm³/mol. The Morgan fingerprint density at radius 3 is 2.71 bits per heavy atom. The lowest BCUT2D eigenvalue weighted by molar-refractivity contribution is -0.111. The van der Waals surface area contributed by atoms with Gasteiger partial charge in [-0.25, -0.2) is 8.42 Å². The molecule has 0 saturated carbocycles. The summed E-state index contributed by atoms with van der Waals surface area (Å²) in [4.78, 5) is 11.7. The van der Waals surface area contributed by atoms with Gasteiger partial charge < -0.3 is 10.1 Å². The number of carbonyl (C=O) groups excluding carboxylic acids is 1. The van der Waals surface area contributed by atoms with E-state index in [1.54, 1.807) is 25.1 Å². The number of amides is 1. The molecule has 1 heterocycles. The minimum atomic E-state index is -3.55. The Kier molecular flexibility index (Phi) is 5.11. The summed E-state index contributed by atoms with van der Waals surface area (Å²) >= 11 is 0. The Balaban J connectivity index is 2.21. The van der Waals surface area contributed by atoms with Gasteiger partial charge in [0.15, 0.2) is 0 Å². The van der Waals surface area contributed by atoms with Crippen molar-refractivity contribution >= 4 is 21.6 Å². The number of hydrogen-bond acceptors (Lipinski definition) is 4. The maximum absolute atomic E-state index is 12.5. The molecule has 0 aromatic heterocycles. The highest BCUT2D eigenvalue weighted by atomic mass is 32.2. The molecule has 0 radical (unpaired) electrons. The van der Waals surface area contributed by atoms with E-state index >= 15 is 0 Å². The Morgan fingerprint density at radius 2 is 2.05 bits per heavy atom. The fourth-order valence-corrected chi connectivity index (χ4v) is 3.46. The van der Waals surface area contributed by atoms with E-state index in [1.165, 1.54) is 22.5 Å². The quantitative estimate of drug-likeness (QED) is 0.849. The standard InChI is InChI=1S/C14H18N2O4S/c1-2-4-14(17)15-12-5-3-6-13(11-12)21(18,19)16-7-9-20-10-8-16/h2-6,11H,7-10H2,1H3,(H,15,17)/b4-2+. The van der Waals surface area contributed by atoms with Crippen molar-refractivity contribution in [3.8, 4) is 0 Å². The van der Waals surface area contributed by atoms with Gasteiger partial charge in [-0.1, -0.05) is 12.1 Å². The van der Waals surface area contributed by atoms with Gasteiger partial charge in [0.1, 0.15) is 0 Å². The number of rotatable bonds is 4. The maximum atomic E-state index is 12.5. The van der Waals surface area contributed by atoms with Crippen LogP contribution in [0, 0.1) is 0 Å². The zero-order chi connectivity index (χ0) is 15.3. The highest BCUT2D eigenvalue weighted by Crippen LogP contribution is 2.20. The van der Waals surface area contributed by atoms with Crippen LogP contribution in [-0.2, 0) is 19.6 Å². The molecule has 1 aliphatic heterocycles. The molecule has 1 aromatic rings. The molecule has 1 amide bonds. The molecule has 1 fully saturated rings. The topological polar surface area (TPSA) is 75.7 Å². The Bertz CT molecular complexity index is 634. The molecule has 0 aliphatic carbocycles. The molecule has 0 bridgehead atoms. The first kappa shape index (κ1) is 15.7. The summed E-state index contributed by atoms with van der Waals surface area (Å²) in [5.41, 5.74) is 0.451. The van der Waals surface area contributed by atoms with E-state index in [9.17, 15) is 13.2 Å².